The Morgan fingerprint density at radius 3 is 2.07 bits per heavy atom. The summed E-state index contributed by atoms with van der Waals surface area (Å²) in [6.07, 6.45) is -1.19. The van der Waals surface area contributed by atoms with Crippen molar-refractivity contribution in [3.63, 3.8) is 0 Å². The number of hydrogen-bond acceptors (Lipinski definition) is 6. The summed E-state index contributed by atoms with van der Waals surface area (Å²) in [7, 11) is 0. The van der Waals surface area contributed by atoms with E-state index in [4.69, 9.17) is 4.74 Å². The second-order valence-electron chi connectivity index (χ2n) is 8.19. The fourth-order valence-corrected chi connectivity index (χ4v) is 3.41. The summed E-state index contributed by atoms with van der Waals surface area (Å²) in [4.78, 5) is 41.7. The summed E-state index contributed by atoms with van der Waals surface area (Å²) in [5.74, 6) is -0.733. The molecule has 1 fully saturated rings. The fraction of sp³-hybridized carbons (Fsp3) is 0.550. The molecule has 0 aliphatic carbocycles. The number of rotatable bonds is 4. The molecule has 0 bridgehead atoms. The van der Waals surface area contributed by atoms with E-state index in [1.165, 1.54) is 0 Å². The highest BCUT2D eigenvalue weighted by Gasteiger charge is 2.36. The minimum absolute atomic E-state index is 0.0430. The van der Waals surface area contributed by atoms with Crippen molar-refractivity contribution in [1.82, 2.24) is 14.7 Å². The second-order valence-corrected chi connectivity index (χ2v) is 8.19. The molecule has 0 saturated carbocycles. The molecule has 152 valence electrons. The van der Waals surface area contributed by atoms with Gasteiger partial charge in [0.05, 0.1) is 23.8 Å². The third-order valence-electron chi connectivity index (χ3n) is 4.76. The molecule has 3 rings (SSSR count). The Morgan fingerprint density at radius 1 is 1.04 bits per heavy atom. The average Bonchev–Trinajstić information content (AvgIpc) is 2.86. The van der Waals surface area contributed by atoms with Crippen LogP contribution in [0.25, 0.3) is 0 Å². The number of benzene rings is 1. The van der Waals surface area contributed by atoms with Crippen molar-refractivity contribution in [2.24, 2.45) is 0 Å². The minimum Gasteiger partial charge on any atom is -0.444 e. The van der Waals surface area contributed by atoms with Crippen LogP contribution in [0.2, 0.25) is 0 Å². The Labute approximate surface area is 164 Å². The Hall–Kier alpha value is -2.45. The van der Waals surface area contributed by atoms with Crippen molar-refractivity contribution in [2.75, 3.05) is 39.3 Å². The normalized spacial score (nSPS) is 19.0. The van der Waals surface area contributed by atoms with Crippen LogP contribution in [-0.2, 0) is 4.74 Å². The quantitative estimate of drug-likeness (QED) is 0.778. The van der Waals surface area contributed by atoms with Crippen molar-refractivity contribution in [1.29, 1.82) is 0 Å². The SMILES string of the molecule is CC(C)(C)OC(=O)N1CCN(CC(O)CN2C(=O)c3ccccc3C2=O)CC1. The molecule has 8 nitrogen and oxygen atoms in total. The molecule has 2 aliphatic heterocycles. The van der Waals surface area contributed by atoms with E-state index in [1.807, 2.05) is 25.7 Å². The highest BCUT2D eigenvalue weighted by molar-refractivity contribution is 6.21. The predicted molar refractivity (Wildman–Crippen MR) is 102 cm³/mol. The topological polar surface area (TPSA) is 90.4 Å². The lowest BCUT2D eigenvalue weighted by molar-refractivity contribution is 0.00797. The third kappa shape index (κ3) is 4.51. The third-order valence-corrected chi connectivity index (χ3v) is 4.76. The second kappa shape index (κ2) is 7.89. The summed E-state index contributed by atoms with van der Waals surface area (Å²) in [5.41, 5.74) is 0.230. The number of piperazine rings is 1. The van der Waals surface area contributed by atoms with Crippen LogP contribution in [0.1, 0.15) is 41.5 Å². The van der Waals surface area contributed by atoms with Crippen LogP contribution >= 0.6 is 0 Å². The molecule has 28 heavy (non-hydrogen) atoms. The maximum Gasteiger partial charge on any atom is 0.410 e. The zero-order chi connectivity index (χ0) is 20.5. The molecule has 3 amide bonds. The molecular weight excluding hydrogens is 362 g/mol. The van der Waals surface area contributed by atoms with Crippen LogP contribution in [0.5, 0.6) is 0 Å². The molecule has 0 spiro atoms. The van der Waals surface area contributed by atoms with Gasteiger partial charge in [-0.25, -0.2) is 4.79 Å². The first kappa shape index (κ1) is 20.3. The van der Waals surface area contributed by atoms with Gasteiger partial charge in [-0.15, -0.1) is 0 Å². The first-order chi connectivity index (χ1) is 13.2. The van der Waals surface area contributed by atoms with E-state index < -0.39 is 11.7 Å². The lowest BCUT2D eigenvalue weighted by Crippen LogP contribution is -2.52. The fourth-order valence-electron chi connectivity index (χ4n) is 3.41. The standard InChI is InChI=1S/C20H27N3O5/c1-20(2,3)28-19(27)22-10-8-21(9-11-22)12-14(24)13-23-17(25)15-6-4-5-7-16(15)18(23)26/h4-7,14,24H,8-13H2,1-3H3. The van der Waals surface area contributed by atoms with E-state index in [2.05, 4.69) is 0 Å². The maximum atomic E-state index is 12.4. The molecule has 1 saturated heterocycles. The van der Waals surface area contributed by atoms with E-state index in [9.17, 15) is 19.5 Å². The summed E-state index contributed by atoms with van der Waals surface area (Å²) < 4.78 is 5.37. The first-order valence-corrected chi connectivity index (χ1v) is 9.49. The van der Waals surface area contributed by atoms with E-state index in [0.717, 1.165) is 4.90 Å². The molecule has 2 aliphatic rings. The van der Waals surface area contributed by atoms with E-state index >= 15 is 0 Å². The number of imide groups is 1. The van der Waals surface area contributed by atoms with Crippen molar-refractivity contribution in [2.45, 2.75) is 32.5 Å². The van der Waals surface area contributed by atoms with Crippen molar-refractivity contribution >= 4 is 17.9 Å². The van der Waals surface area contributed by atoms with Gasteiger partial charge in [0.1, 0.15) is 5.60 Å². The lowest BCUT2D eigenvalue weighted by Gasteiger charge is -2.36. The van der Waals surface area contributed by atoms with Crippen LogP contribution in [0.3, 0.4) is 0 Å². The van der Waals surface area contributed by atoms with Gasteiger partial charge in [-0.05, 0) is 32.9 Å². The molecule has 2 heterocycles. The molecule has 1 atom stereocenters. The number of fused-ring (bicyclic) bond motifs is 1. The molecule has 1 aromatic carbocycles. The van der Waals surface area contributed by atoms with Gasteiger partial charge < -0.3 is 14.7 Å². The Morgan fingerprint density at radius 2 is 1.57 bits per heavy atom. The number of ether oxygens (including phenoxy) is 1. The summed E-state index contributed by atoms with van der Waals surface area (Å²) in [6.45, 7) is 7.98. The summed E-state index contributed by atoms with van der Waals surface area (Å²) in [5, 5.41) is 10.4. The van der Waals surface area contributed by atoms with Gasteiger partial charge in [-0.1, -0.05) is 12.1 Å². The van der Waals surface area contributed by atoms with Gasteiger partial charge in [0, 0.05) is 32.7 Å². The van der Waals surface area contributed by atoms with Gasteiger partial charge >= 0.3 is 6.09 Å². The zero-order valence-corrected chi connectivity index (χ0v) is 16.6. The van der Waals surface area contributed by atoms with E-state index in [1.54, 1.807) is 29.2 Å². The van der Waals surface area contributed by atoms with Gasteiger partial charge in [-0.2, -0.15) is 0 Å². The smallest absolute Gasteiger partial charge is 0.410 e. The van der Waals surface area contributed by atoms with Crippen LogP contribution in [0.15, 0.2) is 24.3 Å². The van der Waals surface area contributed by atoms with Gasteiger partial charge in [0.2, 0.25) is 0 Å². The number of carbonyl (C=O) groups excluding carboxylic acids is 3. The van der Waals surface area contributed by atoms with Gasteiger partial charge in [0.25, 0.3) is 11.8 Å². The Balaban J connectivity index is 1.48. The Bertz CT molecular complexity index is 730. The lowest BCUT2D eigenvalue weighted by atomic mass is 10.1. The predicted octanol–water partition coefficient (Wildman–Crippen LogP) is 1.20. The first-order valence-electron chi connectivity index (χ1n) is 9.49. The Kier molecular flexibility index (Phi) is 5.71. The maximum absolute atomic E-state index is 12.4. The van der Waals surface area contributed by atoms with Crippen molar-refractivity contribution in [3.05, 3.63) is 35.4 Å². The molecule has 1 unspecified atom stereocenters. The molecule has 0 radical (unpaired) electrons. The number of β-amino-alcohol motifs (C(OH)–C–C–N with tert-alkyl or cyclic N) is 1. The number of aliphatic hydroxyl groups is 1. The van der Waals surface area contributed by atoms with E-state index in [0.29, 0.717) is 43.9 Å². The highest BCUT2D eigenvalue weighted by Crippen LogP contribution is 2.22. The number of carbonyl (C=O) groups is 3. The van der Waals surface area contributed by atoms with E-state index in [-0.39, 0.29) is 24.5 Å². The van der Waals surface area contributed by atoms with Gasteiger partial charge in [0.15, 0.2) is 0 Å². The van der Waals surface area contributed by atoms with Crippen LogP contribution in [0, 0.1) is 0 Å². The van der Waals surface area contributed by atoms with Gasteiger partial charge in [-0.3, -0.25) is 19.4 Å². The number of nitrogens with zero attached hydrogens (tertiary/aromatic N) is 3. The van der Waals surface area contributed by atoms with Crippen molar-refractivity contribution in [3.8, 4) is 0 Å². The largest absolute Gasteiger partial charge is 0.444 e. The van der Waals surface area contributed by atoms with Crippen LogP contribution < -0.4 is 0 Å². The average molecular weight is 389 g/mol. The number of aliphatic hydroxyl groups excluding tert-OH is 1. The highest BCUT2D eigenvalue weighted by atomic mass is 16.6. The number of hydrogen-bond donors (Lipinski definition) is 1. The molecular formula is C20H27N3O5. The summed E-state index contributed by atoms with van der Waals surface area (Å²) in [6, 6.07) is 6.68. The molecule has 1 N–H and O–H groups in total. The zero-order valence-electron chi connectivity index (χ0n) is 16.6. The monoisotopic (exact) mass is 389 g/mol. The number of amides is 3. The van der Waals surface area contributed by atoms with Crippen LogP contribution in [-0.4, -0.2) is 88.7 Å². The summed E-state index contributed by atoms with van der Waals surface area (Å²) >= 11 is 0. The molecule has 1 aromatic rings. The molecule has 8 heteroatoms. The van der Waals surface area contributed by atoms with Crippen LogP contribution in [0.4, 0.5) is 4.79 Å². The minimum atomic E-state index is -0.852. The van der Waals surface area contributed by atoms with Crippen molar-refractivity contribution < 1.29 is 24.2 Å². The molecule has 0 aromatic heterocycles.